The molecule has 2 aromatic carbocycles. The Bertz CT molecular complexity index is 702. The molecule has 0 saturated carbocycles. The van der Waals surface area contributed by atoms with Crippen LogP contribution in [-0.4, -0.2) is 24.5 Å². The number of aliphatic imine (C=N–C) groups is 1. The number of nitrogens with zero attached hydrogens (tertiary/aromatic N) is 1. The van der Waals surface area contributed by atoms with E-state index in [-0.39, 0.29) is 5.54 Å². The zero-order chi connectivity index (χ0) is 15.5. The topological polar surface area (TPSA) is 48.5 Å². The maximum absolute atomic E-state index is 4.95. The highest BCUT2D eigenvalue weighted by Gasteiger charge is 2.40. The van der Waals surface area contributed by atoms with Gasteiger partial charge in [-0.1, -0.05) is 42.5 Å². The number of benzene rings is 2. The average Bonchev–Trinajstić information content (AvgIpc) is 2.61. The first kappa shape index (κ1) is 14.3. The van der Waals surface area contributed by atoms with Gasteiger partial charge in [-0.05, 0) is 43.6 Å². The Morgan fingerprint density at radius 3 is 2.52 bits per heavy atom. The van der Waals surface area contributed by atoms with Crippen molar-refractivity contribution in [3.8, 4) is 0 Å². The lowest BCUT2D eigenvalue weighted by molar-refractivity contribution is 0.412. The summed E-state index contributed by atoms with van der Waals surface area (Å²) < 4.78 is 0. The normalized spacial score (nSPS) is 18.7. The fourth-order valence-electron chi connectivity index (χ4n) is 3.43. The van der Waals surface area contributed by atoms with Gasteiger partial charge >= 0.3 is 0 Å². The first-order valence-electron chi connectivity index (χ1n) is 8.31. The molecule has 0 atom stereocenters. The molecule has 0 aromatic heterocycles. The first-order chi connectivity index (χ1) is 11.4. The minimum Gasteiger partial charge on any atom is -0.371 e. The summed E-state index contributed by atoms with van der Waals surface area (Å²) >= 11 is 0. The van der Waals surface area contributed by atoms with Crippen LogP contribution in [0.15, 0.2) is 59.6 Å². The number of anilines is 1. The van der Waals surface area contributed by atoms with E-state index >= 15 is 0 Å². The molecular formula is C19H22N4. The second kappa shape index (κ2) is 6.05. The molecule has 0 bridgehead atoms. The van der Waals surface area contributed by atoms with E-state index in [2.05, 4.69) is 58.4 Å². The lowest BCUT2D eigenvalue weighted by Crippen LogP contribution is -2.58. The number of rotatable bonds is 2. The summed E-state index contributed by atoms with van der Waals surface area (Å²) in [6.45, 7) is 2.83. The molecule has 3 N–H and O–H groups in total. The number of piperidine rings is 1. The summed E-state index contributed by atoms with van der Waals surface area (Å²) in [5.41, 5.74) is 3.36. The molecule has 1 spiro atoms. The van der Waals surface area contributed by atoms with Gasteiger partial charge in [-0.15, -0.1) is 0 Å². The van der Waals surface area contributed by atoms with Gasteiger partial charge in [0.05, 0.1) is 16.9 Å². The number of hydrogen-bond donors (Lipinski definition) is 3. The van der Waals surface area contributed by atoms with Crippen LogP contribution in [0.25, 0.3) is 0 Å². The SMILES string of the molecule is c1ccc(CNC2=Nc3ccccc3NC23CCNCC3)cc1. The van der Waals surface area contributed by atoms with Crippen LogP contribution in [0.1, 0.15) is 18.4 Å². The summed E-state index contributed by atoms with van der Waals surface area (Å²) in [6, 6.07) is 18.8. The molecule has 1 saturated heterocycles. The van der Waals surface area contributed by atoms with Gasteiger partial charge in [0.25, 0.3) is 0 Å². The van der Waals surface area contributed by atoms with Crippen molar-refractivity contribution in [1.82, 2.24) is 10.6 Å². The van der Waals surface area contributed by atoms with E-state index in [9.17, 15) is 0 Å². The number of fused-ring (bicyclic) bond motifs is 1. The number of amidine groups is 1. The highest BCUT2D eigenvalue weighted by molar-refractivity contribution is 6.00. The molecule has 2 aromatic rings. The average molecular weight is 306 g/mol. The summed E-state index contributed by atoms with van der Waals surface area (Å²) in [5.74, 6) is 1.07. The molecular weight excluding hydrogens is 284 g/mol. The molecule has 118 valence electrons. The Morgan fingerprint density at radius 2 is 1.70 bits per heavy atom. The van der Waals surface area contributed by atoms with Gasteiger partial charge in [0, 0.05) is 6.54 Å². The maximum Gasteiger partial charge on any atom is 0.128 e. The maximum atomic E-state index is 4.95. The Hall–Kier alpha value is -2.33. The molecule has 4 nitrogen and oxygen atoms in total. The van der Waals surface area contributed by atoms with E-state index in [1.54, 1.807) is 0 Å². The van der Waals surface area contributed by atoms with Crippen molar-refractivity contribution in [2.75, 3.05) is 18.4 Å². The number of hydrogen-bond acceptors (Lipinski definition) is 4. The predicted molar refractivity (Wildman–Crippen MR) is 95.3 cm³/mol. The Balaban J connectivity index is 1.63. The van der Waals surface area contributed by atoms with Gasteiger partial charge in [-0.3, -0.25) is 0 Å². The monoisotopic (exact) mass is 306 g/mol. The fraction of sp³-hybridized carbons (Fsp3) is 0.316. The zero-order valence-corrected chi connectivity index (χ0v) is 13.2. The molecule has 4 rings (SSSR count). The standard InChI is InChI=1S/C19H22N4/c1-2-6-15(7-3-1)14-21-18-19(10-12-20-13-11-19)23-17-9-5-4-8-16(17)22-18/h1-9,20,23H,10-14H2,(H,21,22). The third-order valence-corrected chi connectivity index (χ3v) is 4.72. The second-order valence-electron chi connectivity index (χ2n) is 6.27. The summed E-state index contributed by atoms with van der Waals surface area (Å²) in [5, 5.41) is 10.8. The molecule has 0 radical (unpaired) electrons. The fourth-order valence-corrected chi connectivity index (χ4v) is 3.43. The van der Waals surface area contributed by atoms with E-state index in [0.29, 0.717) is 0 Å². The molecule has 0 unspecified atom stereocenters. The Labute approximate surface area is 137 Å². The van der Waals surface area contributed by atoms with Crippen molar-refractivity contribution in [3.05, 3.63) is 60.2 Å². The summed E-state index contributed by atoms with van der Waals surface area (Å²) in [7, 11) is 0. The minimum atomic E-state index is -0.0750. The van der Waals surface area contributed by atoms with Crippen LogP contribution >= 0.6 is 0 Å². The van der Waals surface area contributed by atoms with Crippen molar-refractivity contribution in [1.29, 1.82) is 0 Å². The lowest BCUT2D eigenvalue weighted by Gasteiger charge is -2.43. The van der Waals surface area contributed by atoms with Gasteiger partial charge in [0.1, 0.15) is 5.84 Å². The van der Waals surface area contributed by atoms with Crippen molar-refractivity contribution < 1.29 is 0 Å². The van der Waals surface area contributed by atoms with Crippen LogP contribution < -0.4 is 16.0 Å². The Morgan fingerprint density at radius 1 is 0.957 bits per heavy atom. The lowest BCUT2D eigenvalue weighted by atomic mass is 9.85. The molecule has 2 heterocycles. The summed E-state index contributed by atoms with van der Waals surface area (Å²) in [4.78, 5) is 4.95. The van der Waals surface area contributed by atoms with Crippen molar-refractivity contribution in [2.45, 2.75) is 24.9 Å². The minimum absolute atomic E-state index is 0.0750. The number of para-hydroxylation sites is 2. The van der Waals surface area contributed by atoms with E-state index in [4.69, 9.17) is 4.99 Å². The van der Waals surface area contributed by atoms with Gasteiger partial charge in [0.15, 0.2) is 0 Å². The quantitative estimate of drug-likeness (QED) is 0.799. The molecule has 2 aliphatic heterocycles. The smallest absolute Gasteiger partial charge is 0.128 e. The highest BCUT2D eigenvalue weighted by atomic mass is 15.2. The van der Waals surface area contributed by atoms with Gasteiger partial charge in [-0.2, -0.15) is 0 Å². The second-order valence-corrected chi connectivity index (χ2v) is 6.27. The van der Waals surface area contributed by atoms with Crippen LogP contribution in [0.3, 0.4) is 0 Å². The van der Waals surface area contributed by atoms with Crippen LogP contribution in [0, 0.1) is 0 Å². The summed E-state index contributed by atoms with van der Waals surface area (Å²) in [6.07, 6.45) is 2.09. The van der Waals surface area contributed by atoms with Gasteiger partial charge in [-0.25, -0.2) is 4.99 Å². The molecule has 1 fully saturated rings. The van der Waals surface area contributed by atoms with E-state index < -0.39 is 0 Å². The van der Waals surface area contributed by atoms with Crippen molar-refractivity contribution in [2.24, 2.45) is 4.99 Å². The molecule has 4 heteroatoms. The van der Waals surface area contributed by atoms with Gasteiger partial charge < -0.3 is 16.0 Å². The molecule has 0 aliphatic carbocycles. The predicted octanol–water partition coefficient (Wildman–Crippen LogP) is 3.05. The third-order valence-electron chi connectivity index (χ3n) is 4.72. The van der Waals surface area contributed by atoms with Crippen molar-refractivity contribution >= 4 is 17.2 Å². The molecule has 0 amide bonds. The largest absolute Gasteiger partial charge is 0.371 e. The van der Waals surface area contributed by atoms with E-state index in [1.165, 1.54) is 5.56 Å². The zero-order valence-electron chi connectivity index (χ0n) is 13.2. The Kier molecular flexibility index (Phi) is 3.75. The van der Waals surface area contributed by atoms with E-state index in [1.807, 2.05) is 12.1 Å². The molecule has 23 heavy (non-hydrogen) atoms. The van der Waals surface area contributed by atoms with Gasteiger partial charge in [0.2, 0.25) is 0 Å². The highest BCUT2D eigenvalue weighted by Crippen LogP contribution is 2.36. The van der Waals surface area contributed by atoms with Crippen LogP contribution in [0.4, 0.5) is 11.4 Å². The first-order valence-corrected chi connectivity index (χ1v) is 8.31. The van der Waals surface area contributed by atoms with E-state index in [0.717, 1.165) is 49.7 Å². The number of nitrogens with one attached hydrogen (secondary N) is 3. The van der Waals surface area contributed by atoms with Crippen LogP contribution in [-0.2, 0) is 6.54 Å². The van der Waals surface area contributed by atoms with Crippen molar-refractivity contribution in [3.63, 3.8) is 0 Å². The van der Waals surface area contributed by atoms with Crippen LogP contribution in [0.5, 0.6) is 0 Å². The van der Waals surface area contributed by atoms with Crippen LogP contribution in [0.2, 0.25) is 0 Å². The molecule has 2 aliphatic rings. The third kappa shape index (κ3) is 2.82.